The minimum atomic E-state index is -0.215. The summed E-state index contributed by atoms with van der Waals surface area (Å²) >= 11 is 0. The van der Waals surface area contributed by atoms with E-state index in [0.717, 1.165) is 57.4 Å². The number of hydrogen-bond acceptors (Lipinski definition) is 3. The molecule has 3 rings (SSSR count). The van der Waals surface area contributed by atoms with Crippen molar-refractivity contribution >= 4 is 11.8 Å². The number of hydrogen-bond donors (Lipinski definition) is 1. The summed E-state index contributed by atoms with van der Waals surface area (Å²) in [5.41, 5.74) is 1.31. The van der Waals surface area contributed by atoms with E-state index >= 15 is 0 Å². The van der Waals surface area contributed by atoms with Gasteiger partial charge >= 0.3 is 0 Å². The average Bonchev–Trinajstić information content (AvgIpc) is 2.99. The van der Waals surface area contributed by atoms with E-state index in [0.29, 0.717) is 18.1 Å². The minimum Gasteiger partial charge on any atom is -0.347 e. The van der Waals surface area contributed by atoms with Crippen LogP contribution in [0.15, 0.2) is 12.7 Å². The fraction of sp³-hybridized carbons (Fsp3) is 0.588. The molecule has 0 saturated carbocycles. The highest BCUT2D eigenvalue weighted by atomic mass is 16.2. The van der Waals surface area contributed by atoms with Crippen molar-refractivity contribution in [1.29, 1.82) is 0 Å². The summed E-state index contributed by atoms with van der Waals surface area (Å²) in [6.45, 7) is 6.36. The van der Waals surface area contributed by atoms with Gasteiger partial charge < -0.3 is 14.8 Å². The van der Waals surface area contributed by atoms with E-state index < -0.39 is 0 Å². The lowest BCUT2D eigenvalue weighted by atomic mass is 10.1. The zero-order valence-electron chi connectivity index (χ0n) is 13.5. The van der Waals surface area contributed by atoms with Gasteiger partial charge in [-0.2, -0.15) is 0 Å². The van der Waals surface area contributed by atoms with Crippen LogP contribution in [0.4, 0.5) is 0 Å². The number of nitrogens with one attached hydrogen (secondary N) is 1. The molecule has 0 radical (unpaired) electrons. The number of imidazole rings is 1. The number of rotatable bonds is 4. The Hall–Kier alpha value is -2.11. The van der Waals surface area contributed by atoms with Crippen molar-refractivity contribution in [2.24, 2.45) is 0 Å². The molecule has 6 heteroatoms. The van der Waals surface area contributed by atoms with Crippen LogP contribution in [0.3, 0.4) is 0 Å². The van der Waals surface area contributed by atoms with Crippen LogP contribution in [0.2, 0.25) is 0 Å². The molecule has 2 aliphatic heterocycles. The second-order valence-electron chi connectivity index (χ2n) is 6.19. The van der Waals surface area contributed by atoms with E-state index in [1.807, 2.05) is 9.47 Å². The Morgan fingerprint density at radius 3 is 2.61 bits per heavy atom. The molecule has 0 aliphatic carbocycles. The molecule has 0 aromatic carbocycles. The van der Waals surface area contributed by atoms with Crippen LogP contribution in [-0.2, 0) is 13.0 Å². The molecule has 2 amide bonds. The first kappa shape index (κ1) is 15.8. The minimum absolute atomic E-state index is 0.0318. The Morgan fingerprint density at radius 2 is 1.87 bits per heavy atom. The first-order chi connectivity index (χ1) is 11.2. The fourth-order valence-corrected chi connectivity index (χ4v) is 3.38. The Labute approximate surface area is 136 Å². The van der Waals surface area contributed by atoms with Crippen LogP contribution in [-0.4, -0.2) is 45.9 Å². The quantitative estimate of drug-likeness (QED) is 0.861. The Balaban J connectivity index is 1.90. The van der Waals surface area contributed by atoms with Gasteiger partial charge in [0.25, 0.3) is 11.8 Å². The molecule has 3 heterocycles. The standard InChI is InChI=1S/C17H24N4O2/c1-2-9-18-16(22)14-13-8-4-7-12-21(13)15(19-14)17(23)20-10-5-3-6-11-20/h2H,1,3-12H2,(H,18,22). The van der Waals surface area contributed by atoms with Crippen molar-refractivity contribution in [3.05, 3.63) is 29.9 Å². The summed E-state index contributed by atoms with van der Waals surface area (Å²) in [5.74, 6) is 0.189. The van der Waals surface area contributed by atoms with Crippen LogP contribution in [0.5, 0.6) is 0 Å². The van der Waals surface area contributed by atoms with E-state index in [1.54, 1.807) is 6.08 Å². The zero-order valence-corrected chi connectivity index (χ0v) is 13.5. The van der Waals surface area contributed by atoms with Crippen LogP contribution in [0.1, 0.15) is 58.9 Å². The molecule has 124 valence electrons. The smallest absolute Gasteiger partial charge is 0.289 e. The molecule has 0 bridgehead atoms. The highest BCUT2D eigenvalue weighted by Crippen LogP contribution is 2.23. The zero-order chi connectivity index (χ0) is 16.2. The van der Waals surface area contributed by atoms with Crippen LogP contribution in [0, 0.1) is 0 Å². The third-order valence-corrected chi connectivity index (χ3v) is 4.57. The number of fused-ring (bicyclic) bond motifs is 1. The van der Waals surface area contributed by atoms with Crippen molar-refractivity contribution in [3.63, 3.8) is 0 Å². The van der Waals surface area contributed by atoms with Gasteiger partial charge in [0.1, 0.15) is 5.69 Å². The summed E-state index contributed by atoms with van der Waals surface area (Å²) < 4.78 is 1.96. The number of amides is 2. The lowest BCUT2D eigenvalue weighted by Gasteiger charge is -2.27. The van der Waals surface area contributed by atoms with Crippen molar-refractivity contribution < 1.29 is 9.59 Å². The highest BCUT2D eigenvalue weighted by Gasteiger charge is 2.30. The molecule has 0 unspecified atom stereocenters. The van der Waals surface area contributed by atoms with Gasteiger partial charge in [-0.25, -0.2) is 4.98 Å². The third kappa shape index (κ3) is 3.16. The van der Waals surface area contributed by atoms with Gasteiger partial charge in [-0.1, -0.05) is 6.08 Å². The maximum absolute atomic E-state index is 12.8. The summed E-state index contributed by atoms with van der Waals surface area (Å²) in [4.78, 5) is 31.5. The van der Waals surface area contributed by atoms with Crippen LogP contribution < -0.4 is 5.32 Å². The lowest BCUT2D eigenvalue weighted by Crippen LogP contribution is -2.37. The topological polar surface area (TPSA) is 67.2 Å². The van der Waals surface area contributed by atoms with Crippen LogP contribution in [0.25, 0.3) is 0 Å². The lowest BCUT2D eigenvalue weighted by molar-refractivity contribution is 0.0705. The maximum Gasteiger partial charge on any atom is 0.289 e. The Kier molecular flexibility index (Phi) is 4.79. The van der Waals surface area contributed by atoms with Crippen molar-refractivity contribution in [1.82, 2.24) is 19.8 Å². The number of nitrogens with zero attached hydrogens (tertiary/aromatic N) is 3. The maximum atomic E-state index is 12.8. The highest BCUT2D eigenvalue weighted by molar-refractivity contribution is 5.97. The van der Waals surface area contributed by atoms with E-state index in [-0.39, 0.29) is 11.8 Å². The number of carbonyl (C=O) groups is 2. The molecular weight excluding hydrogens is 292 g/mol. The predicted octanol–water partition coefficient (Wildman–Crippen LogP) is 1.76. The van der Waals surface area contributed by atoms with E-state index in [9.17, 15) is 9.59 Å². The van der Waals surface area contributed by atoms with Gasteiger partial charge in [0.05, 0.1) is 5.69 Å². The van der Waals surface area contributed by atoms with E-state index in [2.05, 4.69) is 16.9 Å². The normalized spacial score (nSPS) is 17.5. The first-order valence-corrected chi connectivity index (χ1v) is 8.50. The fourth-order valence-electron chi connectivity index (χ4n) is 3.38. The molecule has 0 atom stereocenters. The summed E-state index contributed by atoms with van der Waals surface area (Å²) in [6.07, 6.45) is 7.77. The second-order valence-corrected chi connectivity index (χ2v) is 6.19. The molecule has 23 heavy (non-hydrogen) atoms. The molecular formula is C17H24N4O2. The van der Waals surface area contributed by atoms with Gasteiger partial charge in [-0.05, 0) is 38.5 Å². The van der Waals surface area contributed by atoms with Gasteiger partial charge in [-0.15, -0.1) is 6.58 Å². The number of carbonyl (C=O) groups excluding carboxylic acids is 2. The van der Waals surface area contributed by atoms with Gasteiger partial charge in [0, 0.05) is 26.2 Å². The third-order valence-electron chi connectivity index (χ3n) is 4.57. The second kappa shape index (κ2) is 6.98. The Morgan fingerprint density at radius 1 is 1.13 bits per heavy atom. The Bertz CT molecular complexity index is 614. The SMILES string of the molecule is C=CCNC(=O)c1nc(C(=O)N2CCCCC2)n2c1CCCC2. The van der Waals surface area contributed by atoms with Crippen LogP contribution >= 0.6 is 0 Å². The molecule has 2 aliphatic rings. The molecule has 6 nitrogen and oxygen atoms in total. The molecule has 1 fully saturated rings. The summed E-state index contributed by atoms with van der Waals surface area (Å²) in [7, 11) is 0. The summed E-state index contributed by atoms with van der Waals surface area (Å²) in [6, 6.07) is 0. The number of piperidine rings is 1. The van der Waals surface area contributed by atoms with Crippen molar-refractivity contribution in [3.8, 4) is 0 Å². The molecule has 1 aromatic heterocycles. The molecule has 1 N–H and O–H groups in total. The van der Waals surface area contributed by atoms with Crippen molar-refractivity contribution in [2.45, 2.75) is 45.1 Å². The largest absolute Gasteiger partial charge is 0.347 e. The predicted molar refractivity (Wildman–Crippen MR) is 87.4 cm³/mol. The van der Waals surface area contributed by atoms with Crippen molar-refractivity contribution in [2.75, 3.05) is 19.6 Å². The molecule has 0 spiro atoms. The number of aromatic nitrogens is 2. The first-order valence-electron chi connectivity index (χ1n) is 8.50. The van der Waals surface area contributed by atoms with Gasteiger partial charge in [0.2, 0.25) is 0 Å². The van der Waals surface area contributed by atoms with E-state index in [1.165, 1.54) is 6.42 Å². The van der Waals surface area contributed by atoms with Gasteiger partial charge in [-0.3, -0.25) is 9.59 Å². The summed E-state index contributed by atoms with van der Waals surface area (Å²) in [5, 5.41) is 2.77. The number of likely N-dealkylation sites (tertiary alicyclic amines) is 1. The van der Waals surface area contributed by atoms with Gasteiger partial charge in [0.15, 0.2) is 5.82 Å². The van der Waals surface area contributed by atoms with E-state index in [4.69, 9.17) is 0 Å². The monoisotopic (exact) mass is 316 g/mol. The molecule has 1 aromatic rings. The average molecular weight is 316 g/mol. The molecule has 1 saturated heterocycles.